The highest BCUT2D eigenvalue weighted by molar-refractivity contribution is 7.90. The molecule has 110 valence electrons. The lowest BCUT2D eigenvalue weighted by molar-refractivity contribution is 0.0865. The summed E-state index contributed by atoms with van der Waals surface area (Å²) < 4.78 is 30.4. The lowest BCUT2D eigenvalue weighted by Gasteiger charge is -2.14. The lowest BCUT2D eigenvalue weighted by atomic mass is 10.2. The minimum Gasteiger partial charge on any atom is -0.268 e. The third-order valence-corrected chi connectivity index (χ3v) is 5.34. The van der Waals surface area contributed by atoms with Crippen molar-refractivity contribution in [2.75, 3.05) is 0 Å². The Morgan fingerprint density at radius 3 is 2.64 bits per heavy atom. The van der Waals surface area contributed by atoms with E-state index in [1.165, 1.54) is 12.1 Å². The second-order valence-electron chi connectivity index (χ2n) is 4.90. The van der Waals surface area contributed by atoms with E-state index in [1.807, 2.05) is 0 Å². The number of nitrogens with zero attached hydrogens (tertiary/aromatic N) is 3. The molecule has 4 rings (SSSR count). The number of hydrogen-bond donors (Lipinski definition) is 0. The highest BCUT2D eigenvalue weighted by Crippen LogP contribution is 2.31. The van der Waals surface area contributed by atoms with Crippen molar-refractivity contribution in [1.29, 1.82) is 0 Å². The Kier molecular flexibility index (Phi) is 2.58. The summed E-state index contributed by atoms with van der Waals surface area (Å²) >= 11 is 0. The van der Waals surface area contributed by atoms with Gasteiger partial charge < -0.3 is 0 Å². The van der Waals surface area contributed by atoms with Crippen molar-refractivity contribution in [3.05, 3.63) is 53.6 Å². The van der Waals surface area contributed by atoms with E-state index in [0.29, 0.717) is 16.6 Å². The van der Waals surface area contributed by atoms with Crippen molar-refractivity contribution in [2.24, 2.45) is 0 Å². The van der Waals surface area contributed by atoms with E-state index >= 15 is 0 Å². The highest BCUT2D eigenvalue weighted by Gasteiger charge is 2.40. The van der Waals surface area contributed by atoms with Crippen LogP contribution >= 0.6 is 0 Å². The monoisotopic (exact) mass is 315 g/mol. The van der Waals surface area contributed by atoms with Gasteiger partial charge in [-0.1, -0.05) is 18.2 Å². The Bertz CT molecular complexity index is 1010. The summed E-state index contributed by atoms with van der Waals surface area (Å²) in [5, 5.41) is 7.39. The van der Waals surface area contributed by atoms with Crippen LogP contribution in [0.25, 0.3) is 11.0 Å². The SMILES string of the molecule is O=C1c2ccccc2S(=O)(=O)N1Cc1ccc2nonc2c1. The number of hydrogen-bond acceptors (Lipinski definition) is 6. The summed E-state index contributed by atoms with van der Waals surface area (Å²) in [4.78, 5) is 12.4. The molecular weight excluding hydrogens is 306 g/mol. The molecule has 3 aromatic rings. The summed E-state index contributed by atoms with van der Waals surface area (Å²) in [5.41, 5.74) is 1.92. The zero-order chi connectivity index (χ0) is 15.3. The first-order valence-corrected chi connectivity index (χ1v) is 7.89. The van der Waals surface area contributed by atoms with Crippen molar-refractivity contribution in [2.45, 2.75) is 11.4 Å². The Balaban J connectivity index is 1.76. The van der Waals surface area contributed by atoms with E-state index in [9.17, 15) is 13.2 Å². The van der Waals surface area contributed by atoms with Crippen molar-refractivity contribution in [3.63, 3.8) is 0 Å². The van der Waals surface area contributed by atoms with Gasteiger partial charge in [-0.2, -0.15) is 0 Å². The molecular formula is C14H9N3O4S. The van der Waals surface area contributed by atoms with Gasteiger partial charge in [-0.3, -0.25) is 4.79 Å². The van der Waals surface area contributed by atoms with Crippen LogP contribution in [0.4, 0.5) is 0 Å². The van der Waals surface area contributed by atoms with Gasteiger partial charge in [0.1, 0.15) is 15.9 Å². The van der Waals surface area contributed by atoms with E-state index < -0.39 is 15.9 Å². The Morgan fingerprint density at radius 2 is 1.82 bits per heavy atom. The number of benzene rings is 2. The van der Waals surface area contributed by atoms with Crippen molar-refractivity contribution >= 4 is 27.0 Å². The first kappa shape index (κ1) is 13.0. The number of amides is 1. The van der Waals surface area contributed by atoms with Crippen LogP contribution in [0.3, 0.4) is 0 Å². The standard InChI is InChI=1S/C14H9N3O4S/c18-14-10-3-1-2-4-13(10)22(19,20)17(14)8-9-5-6-11-12(7-9)16-21-15-11/h1-7H,8H2. The normalized spacial score (nSPS) is 16.2. The molecule has 0 atom stereocenters. The first-order chi connectivity index (χ1) is 10.6. The Morgan fingerprint density at radius 1 is 1.05 bits per heavy atom. The van der Waals surface area contributed by atoms with Crippen molar-refractivity contribution in [3.8, 4) is 0 Å². The van der Waals surface area contributed by atoms with Crippen LogP contribution < -0.4 is 0 Å². The van der Waals surface area contributed by atoms with Gasteiger partial charge >= 0.3 is 0 Å². The number of carbonyl (C=O) groups excluding carboxylic acids is 1. The Hall–Kier alpha value is -2.74. The van der Waals surface area contributed by atoms with Gasteiger partial charge in [0.05, 0.1) is 12.1 Å². The number of fused-ring (bicyclic) bond motifs is 2. The summed E-state index contributed by atoms with van der Waals surface area (Å²) in [6.07, 6.45) is 0. The highest BCUT2D eigenvalue weighted by atomic mass is 32.2. The van der Waals surface area contributed by atoms with Gasteiger partial charge in [0.2, 0.25) is 0 Å². The van der Waals surface area contributed by atoms with Crippen LogP contribution in [0.5, 0.6) is 0 Å². The van der Waals surface area contributed by atoms with Crippen LogP contribution in [-0.4, -0.2) is 28.9 Å². The van der Waals surface area contributed by atoms with Gasteiger partial charge in [-0.25, -0.2) is 17.4 Å². The van der Waals surface area contributed by atoms with Gasteiger partial charge in [-0.15, -0.1) is 0 Å². The molecule has 2 aromatic carbocycles. The second-order valence-corrected chi connectivity index (χ2v) is 6.73. The molecule has 1 amide bonds. The number of aromatic nitrogens is 2. The summed E-state index contributed by atoms with van der Waals surface area (Å²) in [5.74, 6) is -0.519. The maximum absolute atomic E-state index is 12.5. The molecule has 2 heterocycles. The maximum Gasteiger partial charge on any atom is 0.269 e. The van der Waals surface area contributed by atoms with Crippen LogP contribution in [0, 0.1) is 0 Å². The fourth-order valence-electron chi connectivity index (χ4n) is 2.48. The Labute approximate surface area is 125 Å². The first-order valence-electron chi connectivity index (χ1n) is 6.45. The zero-order valence-corrected chi connectivity index (χ0v) is 11.9. The van der Waals surface area contributed by atoms with Crippen LogP contribution in [0.1, 0.15) is 15.9 Å². The summed E-state index contributed by atoms with van der Waals surface area (Å²) in [6, 6.07) is 11.2. The van der Waals surface area contributed by atoms with Crippen molar-refractivity contribution in [1.82, 2.24) is 14.6 Å². The van der Waals surface area contributed by atoms with Gasteiger partial charge in [0.25, 0.3) is 15.9 Å². The van der Waals surface area contributed by atoms with Crippen LogP contribution in [0.2, 0.25) is 0 Å². The van der Waals surface area contributed by atoms with Crippen molar-refractivity contribution < 1.29 is 17.8 Å². The van der Waals surface area contributed by atoms with E-state index in [2.05, 4.69) is 14.9 Å². The molecule has 22 heavy (non-hydrogen) atoms. The third kappa shape index (κ3) is 1.74. The molecule has 1 aliphatic rings. The van der Waals surface area contributed by atoms with Crippen LogP contribution in [0.15, 0.2) is 52.0 Å². The minimum absolute atomic E-state index is 0.0455. The van der Waals surface area contributed by atoms with Gasteiger partial charge in [0.15, 0.2) is 0 Å². The average molecular weight is 315 g/mol. The molecule has 0 N–H and O–H groups in total. The molecule has 0 fully saturated rings. The zero-order valence-electron chi connectivity index (χ0n) is 11.1. The summed E-state index contributed by atoms with van der Waals surface area (Å²) in [7, 11) is -3.81. The van der Waals surface area contributed by atoms with Crippen LogP contribution in [-0.2, 0) is 16.6 Å². The fraction of sp³-hybridized carbons (Fsp3) is 0.0714. The molecule has 8 heteroatoms. The molecule has 0 bridgehead atoms. The van der Waals surface area contributed by atoms with E-state index in [0.717, 1.165) is 4.31 Å². The minimum atomic E-state index is -3.81. The molecule has 0 saturated heterocycles. The quantitative estimate of drug-likeness (QED) is 0.712. The molecule has 0 aliphatic carbocycles. The van der Waals surface area contributed by atoms with E-state index in [1.54, 1.807) is 30.3 Å². The molecule has 0 radical (unpaired) electrons. The van der Waals surface area contributed by atoms with E-state index in [4.69, 9.17) is 0 Å². The predicted octanol–water partition coefficient (Wildman–Crippen LogP) is 1.57. The average Bonchev–Trinajstić information content (AvgIpc) is 3.05. The second kappa shape index (κ2) is 4.38. The van der Waals surface area contributed by atoms with Gasteiger partial charge in [-0.05, 0) is 40.1 Å². The number of sulfonamides is 1. The maximum atomic E-state index is 12.5. The molecule has 1 aromatic heterocycles. The largest absolute Gasteiger partial charge is 0.269 e. The lowest BCUT2D eigenvalue weighted by Crippen LogP contribution is -2.29. The third-order valence-electron chi connectivity index (χ3n) is 3.56. The fourth-order valence-corrected chi connectivity index (χ4v) is 4.04. The van der Waals surface area contributed by atoms with E-state index in [-0.39, 0.29) is 17.0 Å². The number of carbonyl (C=O) groups is 1. The molecule has 0 unspecified atom stereocenters. The van der Waals surface area contributed by atoms with Gasteiger partial charge in [0, 0.05) is 0 Å². The topological polar surface area (TPSA) is 93.4 Å². The molecule has 0 saturated carbocycles. The summed E-state index contributed by atoms with van der Waals surface area (Å²) in [6.45, 7) is -0.0569. The molecule has 1 aliphatic heterocycles. The predicted molar refractivity (Wildman–Crippen MR) is 75.3 cm³/mol. The molecule has 7 nitrogen and oxygen atoms in total. The number of rotatable bonds is 2. The smallest absolute Gasteiger partial charge is 0.268 e. The molecule has 0 spiro atoms.